The predicted molar refractivity (Wildman–Crippen MR) is 86.5 cm³/mol. The van der Waals surface area contributed by atoms with E-state index in [0.717, 1.165) is 22.4 Å². The SMILES string of the molecule is CCOc1ccc(C)cc1C(Cl)c1cccc(Cl)c1Cl. The summed E-state index contributed by atoms with van der Waals surface area (Å²) in [6.07, 6.45) is 0. The van der Waals surface area contributed by atoms with Crippen LogP contribution in [-0.2, 0) is 0 Å². The first-order valence-electron chi connectivity index (χ1n) is 6.36. The molecule has 0 N–H and O–H groups in total. The quantitative estimate of drug-likeness (QED) is 0.622. The van der Waals surface area contributed by atoms with Gasteiger partial charge in [0.25, 0.3) is 0 Å². The van der Waals surface area contributed by atoms with Crippen molar-refractivity contribution in [3.05, 3.63) is 63.1 Å². The van der Waals surface area contributed by atoms with Crippen LogP contribution in [0.2, 0.25) is 10.0 Å². The van der Waals surface area contributed by atoms with Gasteiger partial charge in [0, 0.05) is 5.56 Å². The summed E-state index contributed by atoms with van der Waals surface area (Å²) in [5.74, 6) is 0.772. The van der Waals surface area contributed by atoms with Crippen molar-refractivity contribution in [2.45, 2.75) is 19.2 Å². The first-order chi connectivity index (χ1) is 9.54. The Bertz CT molecular complexity index is 611. The van der Waals surface area contributed by atoms with E-state index in [4.69, 9.17) is 39.5 Å². The summed E-state index contributed by atoms with van der Waals surface area (Å²) in [6, 6.07) is 11.4. The van der Waals surface area contributed by atoms with Gasteiger partial charge in [-0.3, -0.25) is 0 Å². The highest BCUT2D eigenvalue weighted by molar-refractivity contribution is 6.43. The van der Waals surface area contributed by atoms with Gasteiger partial charge >= 0.3 is 0 Å². The maximum atomic E-state index is 6.60. The second-order valence-corrected chi connectivity index (χ2v) is 5.70. The third kappa shape index (κ3) is 3.22. The zero-order chi connectivity index (χ0) is 14.7. The first-order valence-corrected chi connectivity index (χ1v) is 7.55. The number of benzene rings is 2. The third-order valence-electron chi connectivity index (χ3n) is 2.99. The number of rotatable bonds is 4. The summed E-state index contributed by atoms with van der Waals surface area (Å²) in [4.78, 5) is 0. The van der Waals surface area contributed by atoms with Crippen molar-refractivity contribution in [2.24, 2.45) is 0 Å². The normalized spacial score (nSPS) is 12.2. The highest BCUT2D eigenvalue weighted by Gasteiger charge is 2.19. The van der Waals surface area contributed by atoms with E-state index in [2.05, 4.69) is 0 Å². The zero-order valence-electron chi connectivity index (χ0n) is 11.3. The van der Waals surface area contributed by atoms with E-state index in [1.54, 1.807) is 6.07 Å². The topological polar surface area (TPSA) is 9.23 Å². The second-order valence-electron chi connectivity index (χ2n) is 4.48. The van der Waals surface area contributed by atoms with Gasteiger partial charge in [0.15, 0.2) is 0 Å². The van der Waals surface area contributed by atoms with E-state index in [9.17, 15) is 0 Å². The number of hydrogen-bond donors (Lipinski definition) is 0. The van der Waals surface area contributed by atoms with Gasteiger partial charge in [0.05, 0.1) is 22.0 Å². The molecule has 1 unspecified atom stereocenters. The fourth-order valence-electron chi connectivity index (χ4n) is 2.04. The molecule has 0 bridgehead atoms. The minimum atomic E-state index is -0.400. The molecule has 4 heteroatoms. The van der Waals surface area contributed by atoms with Gasteiger partial charge in [-0.05, 0) is 31.5 Å². The van der Waals surface area contributed by atoms with Crippen molar-refractivity contribution >= 4 is 34.8 Å². The van der Waals surface area contributed by atoms with Crippen molar-refractivity contribution in [2.75, 3.05) is 6.61 Å². The molecule has 0 aliphatic rings. The van der Waals surface area contributed by atoms with Crippen LogP contribution in [0.25, 0.3) is 0 Å². The minimum Gasteiger partial charge on any atom is -0.494 e. The first kappa shape index (κ1) is 15.5. The van der Waals surface area contributed by atoms with E-state index in [1.165, 1.54) is 0 Å². The van der Waals surface area contributed by atoms with Gasteiger partial charge in [-0.1, -0.05) is 53.0 Å². The van der Waals surface area contributed by atoms with Crippen molar-refractivity contribution in [1.29, 1.82) is 0 Å². The number of hydrogen-bond acceptors (Lipinski definition) is 1. The van der Waals surface area contributed by atoms with Crippen LogP contribution < -0.4 is 4.74 Å². The highest BCUT2D eigenvalue weighted by atomic mass is 35.5. The Morgan fingerprint density at radius 1 is 1.10 bits per heavy atom. The van der Waals surface area contributed by atoms with Gasteiger partial charge in [-0.15, -0.1) is 11.6 Å². The molecular formula is C16H15Cl3O. The zero-order valence-corrected chi connectivity index (χ0v) is 13.6. The summed E-state index contributed by atoms with van der Waals surface area (Å²) in [5, 5.41) is 0.584. The highest BCUT2D eigenvalue weighted by Crippen LogP contribution is 2.40. The number of halogens is 3. The average Bonchev–Trinajstić information content (AvgIpc) is 2.43. The molecule has 2 rings (SSSR count). The Morgan fingerprint density at radius 2 is 1.85 bits per heavy atom. The molecule has 0 fully saturated rings. The summed E-state index contributed by atoms with van der Waals surface area (Å²) >= 11 is 18.9. The Labute approximate surface area is 134 Å². The summed E-state index contributed by atoms with van der Waals surface area (Å²) in [5.41, 5.74) is 2.80. The lowest BCUT2D eigenvalue weighted by molar-refractivity contribution is 0.337. The molecule has 1 nitrogen and oxygen atoms in total. The van der Waals surface area contributed by atoms with Crippen LogP contribution in [0.1, 0.15) is 29.0 Å². The van der Waals surface area contributed by atoms with Crippen LogP contribution in [0.5, 0.6) is 5.75 Å². The molecule has 0 aliphatic carbocycles. The van der Waals surface area contributed by atoms with Crippen molar-refractivity contribution < 1.29 is 4.74 Å². The molecule has 0 heterocycles. The molecule has 20 heavy (non-hydrogen) atoms. The van der Waals surface area contributed by atoms with E-state index in [0.29, 0.717) is 16.7 Å². The number of ether oxygens (including phenoxy) is 1. The number of aryl methyl sites for hydroxylation is 1. The maximum absolute atomic E-state index is 6.60. The standard InChI is InChI=1S/C16H15Cl3O/c1-3-20-14-8-7-10(2)9-12(14)15(18)11-5-4-6-13(17)16(11)19/h4-9,15H,3H2,1-2H3. The molecular weight excluding hydrogens is 315 g/mol. The molecule has 0 aliphatic heterocycles. The fraction of sp³-hybridized carbons (Fsp3) is 0.250. The lowest BCUT2D eigenvalue weighted by Gasteiger charge is -2.17. The van der Waals surface area contributed by atoms with E-state index < -0.39 is 5.38 Å². The fourth-order valence-corrected chi connectivity index (χ4v) is 2.86. The molecule has 0 aromatic heterocycles. The van der Waals surface area contributed by atoms with Crippen LogP contribution in [0.3, 0.4) is 0 Å². The molecule has 0 spiro atoms. The maximum Gasteiger partial charge on any atom is 0.124 e. The van der Waals surface area contributed by atoms with Crippen LogP contribution in [0, 0.1) is 6.92 Å². The van der Waals surface area contributed by atoms with E-state index in [1.807, 2.05) is 44.2 Å². The molecule has 106 valence electrons. The Balaban J connectivity index is 2.49. The largest absolute Gasteiger partial charge is 0.494 e. The second kappa shape index (κ2) is 6.71. The molecule has 2 aromatic carbocycles. The van der Waals surface area contributed by atoms with Gasteiger partial charge in [0.2, 0.25) is 0 Å². The average molecular weight is 330 g/mol. The monoisotopic (exact) mass is 328 g/mol. The predicted octanol–water partition coefficient (Wildman–Crippen LogP) is 6.03. The third-order valence-corrected chi connectivity index (χ3v) is 4.30. The van der Waals surface area contributed by atoms with E-state index >= 15 is 0 Å². The van der Waals surface area contributed by atoms with Gasteiger partial charge in [-0.2, -0.15) is 0 Å². The molecule has 0 radical (unpaired) electrons. The van der Waals surface area contributed by atoms with Crippen LogP contribution in [0.4, 0.5) is 0 Å². The minimum absolute atomic E-state index is 0.400. The van der Waals surface area contributed by atoms with Gasteiger partial charge in [0.1, 0.15) is 5.75 Å². The molecule has 0 amide bonds. The molecule has 2 aromatic rings. The van der Waals surface area contributed by atoms with Crippen molar-refractivity contribution in [1.82, 2.24) is 0 Å². The Kier molecular flexibility index (Phi) is 5.20. The van der Waals surface area contributed by atoms with E-state index in [-0.39, 0.29) is 0 Å². The summed E-state index contributed by atoms with van der Waals surface area (Å²) in [7, 11) is 0. The van der Waals surface area contributed by atoms with Crippen LogP contribution in [-0.4, -0.2) is 6.61 Å². The van der Waals surface area contributed by atoms with Gasteiger partial charge in [-0.25, -0.2) is 0 Å². The summed E-state index contributed by atoms with van der Waals surface area (Å²) < 4.78 is 5.64. The van der Waals surface area contributed by atoms with Crippen molar-refractivity contribution in [3.8, 4) is 5.75 Å². The van der Waals surface area contributed by atoms with Gasteiger partial charge < -0.3 is 4.74 Å². The Hall–Kier alpha value is -0.890. The smallest absolute Gasteiger partial charge is 0.124 e. The summed E-state index contributed by atoms with van der Waals surface area (Å²) in [6.45, 7) is 4.55. The molecule has 0 saturated heterocycles. The number of alkyl halides is 1. The van der Waals surface area contributed by atoms with Crippen LogP contribution in [0.15, 0.2) is 36.4 Å². The molecule has 1 atom stereocenters. The molecule has 0 saturated carbocycles. The Morgan fingerprint density at radius 3 is 2.55 bits per heavy atom. The van der Waals surface area contributed by atoms with Crippen molar-refractivity contribution in [3.63, 3.8) is 0 Å². The lowest BCUT2D eigenvalue weighted by Crippen LogP contribution is -2.01. The van der Waals surface area contributed by atoms with Crippen LogP contribution >= 0.6 is 34.8 Å². The lowest BCUT2D eigenvalue weighted by atomic mass is 10.0.